The van der Waals surface area contributed by atoms with Gasteiger partial charge in [-0.2, -0.15) is 5.10 Å². The summed E-state index contributed by atoms with van der Waals surface area (Å²) >= 11 is 1.68. The summed E-state index contributed by atoms with van der Waals surface area (Å²) in [4.78, 5) is 29.7. The monoisotopic (exact) mass is 458 g/mol. The summed E-state index contributed by atoms with van der Waals surface area (Å²) in [6.07, 6.45) is 1.91. The fraction of sp³-hybridized carbons (Fsp3) is 0.360. The van der Waals surface area contributed by atoms with E-state index in [-0.39, 0.29) is 5.91 Å². The zero-order chi connectivity index (χ0) is 22.7. The lowest BCUT2D eigenvalue weighted by Crippen LogP contribution is -2.34. The molecule has 2 atom stereocenters. The number of fused-ring (bicyclic) bond motifs is 2. The van der Waals surface area contributed by atoms with Crippen molar-refractivity contribution in [3.05, 3.63) is 64.4 Å². The van der Waals surface area contributed by atoms with Gasteiger partial charge >= 0.3 is 0 Å². The fourth-order valence-corrected chi connectivity index (χ4v) is 6.13. The molecule has 0 N–H and O–H groups in total. The Morgan fingerprint density at radius 1 is 0.970 bits per heavy atom. The van der Waals surface area contributed by atoms with Gasteiger partial charge in [0.1, 0.15) is 5.69 Å². The number of likely N-dealkylation sites (tertiary alicyclic amines) is 1. The number of aromatic nitrogens is 4. The van der Waals surface area contributed by atoms with Gasteiger partial charge in [-0.15, -0.1) is 11.3 Å². The molecule has 2 saturated heterocycles. The molecule has 7 nitrogen and oxygen atoms in total. The van der Waals surface area contributed by atoms with Crippen LogP contribution < -0.4 is 4.90 Å². The smallest absolute Gasteiger partial charge is 0.258 e. The van der Waals surface area contributed by atoms with E-state index in [4.69, 9.17) is 5.10 Å². The molecule has 168 valence electrons. The number of thiophene rings is 1. The van der Waals surface area contributed by atoms with Gasteiger partial charge in [0.15, 0.2) is 0 Å². The van der Waals surface area contributed by atoms with Gasteiger partial charge in [-0.3, -0.25) is 4.79 Å². The molecule has 2 fully saturated rings. The first kappa shape index (κ1) is 20.4. The number of hydrogen-bond acceptors (Lipinski definition) is 6. The highest BCUT2D eigenvalue weighted by Crippen LogP contribution is 2.37. The van der Waals surface area contributed by atoms with Crippen molar-refractivity contribution in [2.75, 3.05) is 31.1 Å². The van der Waals surface area contributed by atoms with Crippen molar-refractivity contribution >= 4 is 28.7 Å². The van der Waals surface area contributed by atoms with E-state index in [1.54, 1.807) is 11.3 Å². The van der Waals surface area contributed by atoms with E-state index in [0.717, 1.165) is 59.6 Å². The number of hydrogen-bond donors (Lipinski definition) is 0. The molecule has 0 bridgehead atoms. The van der Waals surface area contributed by atoms with E-state index < -0.39 is 0 Å². The molecular formula is C25H26N6OS. The maximum absolute atomic E-state index is 13.8. The Labute approximate surface area is 196 Å². The fourth-order valence-electron chi connectivity index (χ4n) is 5.27. The first-order valence-electron chi connectivity index (χ1n) is 11.4. The topological polar surface area (TPSA) is 66.6 Å². The lowest BCUT2D eigenvalue weighted by molar-refractivity contribution is 0.0785. The maximum Gasteiger partial charge on any atom is 0.258 e. The van der Waals surface area contributed by atoms with Crippen LogP contribution in [0.25, 0.3) is 16.1 Å². The van der Waals surface area contributed by atoms with E-state index in [1.165, 1.54) is 4.88 Å². The Morgan fingerprint density at radius 3 is 2.36 bits per heavy atom. The molecule has 0 saturated carbocycles. The summed E-state index contributed by atoms with van der Waals surface area (Å²) in [5, 5.41) is 4.78. The number of rotatable bonds is 3. The van der Waals surface area contributed by atoms with Crippen LogP contribution in [0, 0.1) is 32.6 Å². The molecule has 4 aromatic rings. The molecule has 4 aromatic heterocycles. The van der Waals surface area contributed by atoms with Crippen molar-refractivity contribution in [1.82, 2.24) is 24.5 Å². The van der Waals surface area contributed by atoms with Crippen molar-refractivity contribution < 1.29 is 4.79 Å². The van der Waals surface area contributed by atoms with Gasteiger partial charge in [0.2, 0.25) is 5.95 Å². The van der Waals surface area contributed by atoms with Gasteiger partial charge in [-0.25, -0.2) is 14.5 Å². The predicted octanol–water partition coefficient (Wildman–Crippen LogP) is 3.99. The van der Waals surface area contributed by atoms with Crippen LogP contribution in [0.3, 0.4) is 0 Å². The SMILES string of the molecule is Cc1cc(C)nc(N2C[C@H]3CN(C(=O)c4c(-c5ccc(C)s5)nn5ccccc45)C[C@H]3C2)n1. The molecule has 1 amide bonds. The minimum absolute atomic E-state index is 0.0841. The summed E-state index contributed by atoms with van der Waals surface area (Å²) in [6, 6.07) is 12.1. The van der Waals surface area contributed by atoms with Gasteiger partial charge in [0.25, 0.3) is 5.91 Å². The van der Waals surface area contributed by atoms with Crippen LogP contribution in [-0.4, -0.2) is 56.6 Å². The van der Waals surface area contributed by atoms with E-state index in [2.05, 4.69) is 33.9 Å². The molecule has 2 aliphatic heterocycles. The van der Waals surface area contributed by atoms with Crippen LogP contribution in [0.2, 0.25) is 0 Å². The van der Waals surface area contributed by atoms with E-state index in [1.807, 2.05) is 53.7 Å². The van der Waals surface area contributed by atoms with Crippen molar-refractivity contribution in [3.63, 3.8) is 0 Å². The molecule has 0 aliphatic carbocycles. The number of nitrogens with zero attached hydrogens (tertiary/aromatic N) is 6. The number of carbonyl (C=O) groups is 1. The van der Waals surface area contributed by atoms with Crippen LogP contribution in [0.4, 0.5) is 5.95 Å². The lowest BCUT2D eigenvalue weighted by Gasteiger charge is -2.22. The van der Waals surface area contributed by atoms with Crippen LogP contribution in [0.15, 0.2) is 42.6 Å². The molecule has 0 spiro atoms. The van der Waals surface area contributed by atoms with Crippen molar-refractivity contribution in [1.29, 1.82) is 0 Å². The Balaban J connectivity index is 1.27. The maximum atomic E-state index is 13.8. The van der Waals surface area contributed by atoms with Crippen LogP contribution in [0.1, 0.15) is 26.6 Å². The normalized spacial score (nSPS) is 20.1. The predicted molar refractivity (Wildman–Crippen MR) is 130 cm³/mol. The van der Waals surface area contributed by atoms with Crippen LogP contribution in [0.5, 0.6) is 0 Å². The second-order valence-electron chi connectivity index (χ2n) is 9.25. The molecule has 2 aliphatic rings. The quantitative estimate of drug-likeness (QED) is 0.465. The molecule has 33 heavy (non-hydrogen) atoms. The van der Waals surface area contributed by atoms with Gasteiger partial charge < -0.3 is 9.80 Å². The molecule has 0 unspecified atom stereocenters. The Hall–Kier alpha value is -3.26. The number of aryl methyl sites for hydroxylation is 3. The summed E-state index contributed by atoms with van der Waals surface area (Å²) in [5.74, 6) is 1.78. The minimum Gasteiger partial charge on any atom is -0.340 e. The average molecular weight is 459 g/mol. The number of carbonyl (C=O) groups excluding carboxylic acids is 1. The van der Waals surface area contributed by atoms with Gasteiger partial charge in [-0.1, -0.05) is 6.07 Å². The lowest BCUT2D eigenvalue weighted by atomic mass is 10.0. The van der Waals surface area contributed by atoms with E-state index >= 15 is 0 Å². The average Bonchev–Trinajstić information content (AvgIpc) is 3.53. The first-order chi connectivity index (χ1) is 16.0. The summed E-state index contributed by atoms with van der Waals surface area (Å²) < 4.78 is 1.83. The van der Waals surface area contributed by atoms with Crippen molar-refractivity contribution in [3.8, 4) is 10.6 Å². The molecule has 6 rings (SSSR count). The third-order valence-electron chi connectivity index (χ3n) is 6.75. The zero-order valence-electron chi connectivity index (χ0n) is 19.0. The highest BCUT2D eigenvalue weighted by Gasteiger charge is 2.43. The standard InChI is InChI=1S/C25H26N6OS/c1-15-10-16(2)27-25(26-15)30-13-18-11-29(12-19(18)14-30)24(32)22-20-6-4-5-9-31(20)28-23(22)21-8-7-17(3)33-21/h4-10,18-19H,11-14H2,1-3H3/t18-,19+. The Bertz CT molecular complexity index is 1340. The van der Waals surface area contributed by atoms with Crippen LogP contribution >= 0.6 is 11.3 Å². The molecule has 8 heteroatoms. The summed E-state index contributed by atoms with van der Waals surface area (Å²) in [5.41, 5.74) is 4.36. The van der Waals surface area contributed by atoms with Crippen molar-refractivity contribution in [2.45, 2.75) is 20.8 Å². The number of anilines is 1. The largest absolute Gasteiger partial charge is 0.340 e. The third-order valence-corrected chi connectivity index (χ3v) is 7.76. The van der Waals surface area contributed by atoms with Gasteiger partial charge in [0, 0.05) is 60.5 Å². The van der Waals surface area contributed by atoms with Gasteiger partial charge in [-0.05, 0) is 51.1 Å². The second-order valence-corrected chi connectivity index (χ2v) is 10.5. The Morgan fingerprint density at radius 2 is 1.70 bits per heavy atom. The number of pyridine rings is 1. The van der Waals surface area contributed by atoms with E-state index in [0.29, 0.717) is 17.4 Å². The molecule has 6 heterocycles. The summed E-state index contributed by atoms with van der Waals surface area (Å²) in [7, 11) is 0. The highest BCUT2D eigenvalue weighted by atomic mass is 32.1. The molecular weight excluding hydrogens is 432 g/mol. The van der Waals surface area contributed by atoms with E-state index in [9.17, 15) is 4.79 Å². The third kappa shape index (κ3) is 3.49. The second kappa shape index (κ2) is 7.66. The first-order valence-corrected chi connectivity index (χ1v) is 12.2. The van der Waals surface area contributed by atoms with Gasteiger partial charge in [0.05, 0.1) is 16.0 Å². The van der Waals surface area contributed by atoms with Crippen molar-refractivity contribution in [2.24, 2.45) is 11.8 Å². The van der Waals surface area contributed by atoms with Crippen LogP contribution in [-0.2, 0) is 0 Å². The zero-order valence-corrected chi connectivity index (χ0v) is 19.8. The Kier molecular flexibility index (Phi) is 4.72. The summed E-state index contributed by atoms with van der Waals surface area (Å²) in [6.45, 7) is 9.41. The minimum atomic E-state index is 0.0841. The number of amides is 1. The molecule has 0 radical (unpaired) electrons. The highest BCUT2D eigenvalue weighted by molar-refractivity contribution is 7.15. The molecule has 0 aromatic carbocycles.